The molecule has 0 bridgehead atoms. The van der Waals surface area contributed by atoms with Crippen LogP contribution in [0.5, 0.6) is 0 Å². The molecular weight excluding hydrogens is 373 g/mol. The summed E-state index contributed by atoms with van der Waals surface area (Å²) >= 11 is 1.31. The highest BCUT2D eigenvalue weighted by Gasteiger charge is 2.30. The predicted molar refractivity (Wildman–Crippen MR) is 114 cm³/mol. The normalized spacial score (nSPS) is 20.4. The van der Waals surface area contributed by atoms with E-state index in [1.165, 1.54) is 53.7 Å². The zero-order chi connectivity index (χ0) is 19.5. The lowest BCUT2D eigenvalue weighted by Gasteiger charge is -2.28. The molecule has 0 radical (unpaired) electrons. The summed E-state index contributed by atoms with van der Waals surface area (Å²) < 4.78 is 13.4. The second-order valence-corrected chi connectivity index (χ2v) is 8.00. The Labute approximate surface area is 168 Å². The van der Waals surface area contributed by atoms with Crippen molar-refractivity contribution in [3.63, 3.8) is 0 Å². The van der Waals surface area contributed by atoms with Crippen molar-refractivity contribution >= 4 is 40.3 Å². The maximum absolute atomic E-state index is 13.4. The van der Waals surface area contributed by atoms with Gasteiger partial charge in [-0.2, -0.15) is 0 Å². The van der Waals surface area contributed by atoms with E-state index in [1.807, 2.05) is 18.2 Å². The van der Waals surface area contributed by atoms with E-state index in [2.05, 4.69) is 22.0 Å². The number of anilines is 1. The second kappa shape index (κ2) is 8.19. The Morgan fingerprint density at radius 3 is 2.54 bits per heavy atom. The number of carbonyl (C=O) groups is 1. The van der Waals surface area contributed by atoms with Gasteiger partial charge in [-0.05, 0) is 73.0 Å². The molecule has 4 rings (SSSR count). The number of amidine groups is 1. The first-order valence-electron chi connectivity index (χ1n) is 9.47. The zero-order valence-corrected chi connectivity index (χ0v) is 16.6. The van der Waals surface area contributed by atoms with Gasteiger partial charge >= 0.3 is 0 Å². The number of hydrogen-bond acceptors (Lipinski definition) is 4. The summed E-state index contributed by atoms with van der Waals surface area (Å²) in [4.78, 5) is 21.5. The summed E-state index contributed by atoms with van der Waals surface area (Å²) in [5.74, 6) is -0.441. The quantitative estimate of drug-likeness (QED) is 0.683. The average Bonchev–Trinajstić information content (AvgIpc) is 2.97. The standard InChI is InChI=1S/C22H22FN3OS/c1-25-21(27)20(28-22(25)24-18-7-5-6-17(23)15-18)14-16-8-10-19(11-9-16)26-12-3-2-4-13-26/h5-11,14-15H,2-4,12-13H2,1H3/b20-14-,24-22?. The third-order valence-corrected chi connectivity index (χ3v) is 6.01. The molecule has 0 atom stereocenters. The molecule has 2 fully saturated rings. The van der Waals surface area contributed by atoms with Gasteiger partial charge in [0.25, 0.3) is 5.91 Å². The van der Waals surface area contributed by atoms with E-state index in [4.69, 9.17) is 0 Å². The number of halogens is 1. The lowest BCUT2D eigenvalue weighted by molar-refractivity contribution is -0.121. The Hall–Kier alpha value is -2.60. The Morgan fingerprint density at radius 1 is 1.07 bits per heavy atom. The number of amides is 1. The number of nitrogens with zero attached hydrogens (tertiary/aromatic N) is 3. The maximum Gasteiger partial charge on any atom is 0.266 e. The number of piperidine rings is 1. The van der Waals surface area contributed by atoms with E-state index >= 15 is 0 Å². The number of thioether (sulfide) groups is 1. The number of carbonyl (C=O) groups excluding carboxylic acids is 1. The molecule has 4 nitrogen and oxygen atoms in total. The van der Waals surface area contributed by atoms with Gasteiger partial charge in [0, 0.05) is 25.8 Å². The number of aliphatic imine (C=N–C) groups is 1. The summed E-state index contributed by atoms with van der Waals surface area (Å²) in [6, 6.07) is 14.4. The van der Waals surface area contributed by atoms with Crippen molar-refractivity contribution in [2.75, 3.05) is 25.0 Å². The van der Waals surface area contributed by atoms with Crippen LogP contribution in [0.3, 0.4) is 0 Å². The van der Waals surface area contributed by atoms with Gasteiger partial charge in [-0.1, -0.05) is 18.2 Å². The van der Waals surface area contributed by atoms with Gasteiger partial charge in [0.1, 0.15) is 5.82 Å². The first kappa shape index (κ1) is 18.7. The van der Waals surface area contributed by atoms with Crippen molar-refractivity contribution in [2.45, 2.75) is 19.3 Å². The molecule has 2 saturated heterocycles. The Balaban J connectivity index is 1.52. The lowest BCUT2D eigenvalue weighted by Crippen LogP contribution is -2.29. The minimum atomic E-state index is -0.344. The first-order valence-corrected chi connectivity index (χ1v) is 10.3. The summed E-state index contributed by atoms with van der Waals surface area (Å²) in [5.41, 5.74) is 2.71. The highest BCUT2D eigenvalue weighted by molar-refractivity contribution is 8.18. The number of benzene rings is 2. The van der Waals surface area contributed by atoms with Crippen molar-refractivity contribution < 1.29 is 9.18 Å². The molecule has 28 heavy (non-hydrogen) atoms. The van der Waals surface area contributed by atoms with Gasteiger partial charge < -0.3 is 4.90 Å². The second-order valence-electron chi connectivity index (χ2n) is 6.99. The van der Waals surface area contributed by atoms with E-state index < -0.39 is 0 Å². The molecule has 6 heteroatoms. The van der Waals surface area contributed by atoms with Gasteiger partial charge in [-0.3, -0.25) is 9.69 Å². The first-order chi connectivity index (χ1) is 13.6. The van der Waals surface area contributed by atoms with Gasteiger partial charge in [0.15, 0.2) is 5.17 Å². The van der Waals surface area contributed by atoms with Gasteiger partial charge in [-0.25, -0.2) is 9.38 Å². The monoisotopic (exact) mass is 395 g/mol. The number of hydrogen-bond donors (Lipinski definition) is 0. The van der Waals surface area contributed by atoms with Crippen LogP contribution in [0, 0.1) is 5.82 Å². The molecule has 2 aliphatic heterocycles. The van der Waals surface area contributed by atoms with Crippen LogP contribution in [0.1, 0.15) is 24.8 Å². The Morgan fingerprint density at radius 2 is 1.82 bits per heavy atom. The molecule has 0 aromatic heterocycles. The highest BCUT2D eigenvalue weighted by Crippen LogP contribution is 2.33. The minimum absolute atomic E-state index is 0.0970. The molecule has 1 amide bonds. The van der Waals surface area contributed by atoms with E-state index in [0.29, 0.717) is 15.8 Å². The fourth-order valence-electron chi connectivity index (χ4n) is 3.39. The Kier molecular flexibility index (Phi) is 5.48. The summed E-state index contributed by atoms with van der Waals surface area (Å²) in [5, 5.41) is 0.548. The summed E-state index contributed by atoms with van der Waals surface area (Å²) in [7, 11) is 1.69. The smallest absolute Gasteiger partial charge is 0.266 e. The topological polar surface area (TPSA) is 35.9 Å². The van der Waals surface area contributed by atoms with E-state index in [9.17, 15) is 9.18 Å². The van der Waals surface area contributed by atoms with Crippen molar-refractivity contribution in [1.82, 2.24) is 4.90 Å². The van der Waals surface area contributed by atoms with E-state index in [-0.39, 0.29) is 11.7 Å². The van der Waals surface area contributed by atoms with E-state index in [1.54, 1.807) is 19.2 Å². The molecule has 0 spiro atoms. The van der Waals surface area contributed by atoms with Crippen LogP contribution in [0.4, 0.5) is 15.8 Å². The van der Waals surface area contributed by atoms with Crippen LogP contribution in [-0.2, 0) is 4.79 Å². The molecule has 2 heterocycles. The van der Waals surface area contributed by atoms with Crippen molar-refractivity contribution in [3.8, 4) is 0 Å². The maximum atomic E-state index is 13.4. The minimum Gasteiger partial charge on any atom is -0.372 e. The van der Waals surface area contributed by atoms with Gasteiger partial charge in [0.05, 0.1) is 10.6 Å². The average molecular weight is 396 g/mol. The predicted octanol–water partition coefficient (Wildman–Crippen LogP) is 5.05. The summed E-state index contributed by atoms with van der Waals surface area (Å²) in [6.07, 6.45) is 5.69. The molecule has 2 aromatic carbocycles. The molecule has 2 aliphatic rings. The molecule has 0 N–H and O–H groups in total. The van der Waals surface area contributed by atoms with E-state index in [0.717, 1.165) is 18.7 Å². The fourth-order valence-corrected chi connectivity index (χ4v) is 4.38. The van der Waals surface area contributed by atoms with Crippen LogP contribution >= 0.6 is 11.8 Å². The van der Waals surface area contributed by atoms with Crippen LogP contribution in [0.15, 0.2) is 58.4 Å². The third-order valence-electron chi connectivity index (χ3n) is 4.95. The molecule has 2 aromatic rings. The van der Waals surface area contributed by atoms with Crippen molar-refractivity contribution in [2.24, 2.45) is 4.99 Å². The van der Waals surface area contributed by atoms with Gasteiger partial charge in [-0.15, -0.1) is 0 Å². The van der Waals surface area contributed by atoms with Crippen molar-refractivity contribution in [1.29, 1.82) is 0 Å². The van der Waals surface area contributed by atoms with Crippen LogP contribution in [-0.4, -0.2) is 36.1 Å². The molecular formula is C22H22FN3OS. The number of likely N-dealkylation sites (N-methyl/N-ethyl adjacent to an activating group) is 1. The SMILES string of the molecule is CN1C(=O)/C(=C/c2ccc(N3CCCCC3)cc2)SC1=Nc1cccc(F)c1. The van der Waals surface area contributed by atoms with Crippen molar-refractivity contribution in [3.05, 3.63) is 64.8 Å². The Bertz CT molecular complexity index is 933. The summed E-state index contributed by atoms with van der Waals surface area (Å²) in [6.45, 7) is 2.22. The highest BCUT2D eigenvalue weighted by atomic mass is 32.2. The molecule has 0 aliphatic carbocycles. The molecule has 0 saturated carbocycles. The molecule has 144 valence electrons. The van der Waals surface area contributed by atoms with Crippen LogP contribution in [0.2, 0.25) is 0 Å². The third kappa shape index (κ3) is 4.12. The largest absolute Gasteiger partial charge is 0.372 e. The van der Waals surface area contributed by atoms with Gasteiger partial charge in [0.2, 0.25) is 0 Å². The fraction of sp³-hybridized carbons (Fsp3) is 0.273. The van der Waals surface area contributed by atoms with Crippen LogP contribution < -0.4 is 4.90 Å². The zero-order valence-electron chi connectivity index (χ0n) is 15.8. The molecule has 0 unspecified atom stereocenters. The van der Waals surface area contributed by atoms with Crippen LogP contribution in [0.25, 0.3) is 6.08 Å². The number of rotatable bonds is 3. The lowest BCUT2D eigenvalue weighted by atomic mass is 10.1.